The van der Waals surface area contributed by atoms with E-state index in [2.05, 4.69) is 11.0 Å². The van der Waals surface area contributed by atoms with E-state index in [9.17, 15) is 9.59 Å². The first-order valence-corrected chi connectivity index (χ1v) is 7.98. The third-order valence-electron chi connectivity index (χ3n) is 4.55. The van der Waals surface area contributed by atoms with Crippen molar-refractivity contribution < 1.29 is 14.7 Å². The molecule has 1 amide bonds. The maximum absolute atomic E-state index is 12.0. The average molecular weight is 302 g/mol. The van der Waals surface area contributed by atoms with Crippen LogP contribution in [0.15, 0.2) is 24.3 Å². The van der Waals surface area contributed by atoms with Gasteiger partial charge < -0.3 is 10.0 Å². The summed E-state index contributed by atoms with van der Waals surface area (Å²) in [6, 6.07) is 7.95. The van der Waals surface area contributed by atoms with Crippen molar-refractivity contribution in [3.8, 4) is 0 Å². The van der Waals surface area contributed by atoms with E-state index in [0.29, 0.717) is 0 Å². The normalized spacial score (nSPS) is 23.0. The molecule has 2 saturated heterocycles. The highest BCUT2D eigenvalue weighted by Crippen LogP contribution is 2.26. The summed E-state index contributed by atoms with van der Waals surface area (Å²) in [7, 11) is 0. The van der Waals surface area contributed by atoms with Gasteiger partial charge in [-0.25, -0.2) is 0 Å². The number of likely N-dealkylation sites (tertiary alicyclic amines) is 1. The maximum Gasteiger partial charge on any atom is 0.308 e. The molecule has 0 spiro atoms. The Kier molecular flexibility index (Phi) is 4.43. The predicted molar refractivity (Wildman–Crippen MR) is 83.7 cm³/mol. The zero-order chi connectivity index (χ0) is 15.5. The molecule has 2 aliphatic rings. The number of anilines is 1. The average Bonchev–Trinajstić information content (AvgIpc) is 2.91. The van der Waals surface area contributed by atoms with Crippen molar-refractivity contribution in [3.63, 3.8) is 0 Å². The Morgan fingerprint density at radius 2 is 2.00 bits per heavy atom. The van der Waals surface area contributed by atoms with Crippen LogP contribution in [-0.4, -0.2) is 41.5 Å². The fourth-order valence-electron chi connectivity index (χ4n) is 3.32. The molecule has 1 aromatic rings. The van der Waals surface area contributed by atoms with Gasteiger partial charge in [0.25, 0.3) is 0 Å². The molecule has 0 saturated carbocycles. The van der Waals surface area contributed by atoms with Gasteiger partial charge in [-0.3, -0.25) is 14.5 Å². The van der Waals surface area contributed by atoms with Crippen molar-refractivity contribution in [2.75, 3.05) is 24.5 Å². The summed E-state index contributed by atoms with van der Waals surface area (Å²) in [5.41, 5.74) is 2.01. The Hall–Kier alpha value is -1.88. The Balaban J connectivity index is 1.71. The lowest BCUT2D eigenvalue weighted by atomic mass is 10.1. The third kappa shape index (κ3) is 3.30. The van der Waals surface area contributed by atoms with Crippen molar-refractivity contribution >= 4 is 17.6 Å². The number of carbonyl (C=O) groups is 2. The van der Waals surface area contributed by atoms with Gasteiger partial charge in [-0.15, -0.1) is 0 Å². The summed E-state index contributed by atoms with van der Waals surface area (Å²) >= 11 is 0. The highest BCUT2D eigenvalue weighted by molar-refractivity contribution is 5.99. The Morgan fingerprint density at radius 1 is 1.23 bits per heavy atom. The second-order valence-corrected chi connectivity index (χ2v) is 6.25. The smallest absolute Gasteiger partial charge is 0.308 e. The SMILES string of the molecule is O=C(O)C1CC(=O)N(c2cccc(CN3CCCCC3)c2)C1. The van der Waals surface area contributed by atoms with Crippen LogP contribution in [0.4, 0.5) is 5.69 Å². The van der Waals surface area contributed by atoms with E-state index < -0.39 is 11.9 Å². The van der Waals surface area contributed by atoms with Crippen LogP contribution in [0.1, 0.15) is 31.2 Å². The lowest BCUT2D eigenvalue weighted by molar-refractivity contribution is -0.141. The Bertz CT molecular complexity index is 567. The molecular weight excluding hydrogens is 280 g/mol. The lowest BCUT2D eigenvalue weighted by Gasteiger charge is -2.27. The van der Waals surface area contributed by atoms with Crippen LogP contribution in [0.3, 0.4) is 0 Å². The lowest BCUT2D eigenvalue weighted by Crippen LogP contribution is -2.29. The van der Waals surface area contributed by atoms with Gasteiger partial charge in [0, 0.05) is 25.2 Å². The summed E-state index contributed by atoms with van der Waals surface area (Å²) < 4.78 is 0. The largest absolute Gasteiger partial charge is 0.481 e. The summed E-state index contributed by atoms with van der Waals surface area (Å²) in [5.74, 6) is -1.57. The molecule has 1 aromatic carbocycles. The molecule has 0 aromatic heterocycles. The van der Waals surface area contributed by atoms with Gasteiger partial charge in [0.2, 0.25) is 5.91 Å². The van der Waals surface area contributed by atoms with Crippen molar-refractivity contribution in [2.24, 2.45) is 5.92 Å². The van der Waals surface area contributed by atoms with Gasteiger partial charge in [-0.05, 0) is 43.6 Å². The molecule has 1 atom stereocenters. The van der Waals surface area contributed by atoms with Crippen molar-refractivity contribution in [1.29, 1.82) is 0 Å². The van der Waals surface area contributed by atoms with E-state index >= 15 is 0 Å². The molecule has 118 valence electrons. The highest BCUT2D eigenvalue weighted by Gasteiger charge is 2.35. The zero-order valence-corrected chi connectivity index (χ0v) is 12.7. The number of rotatable bonds is 4. The van der Waals surface area contributed by atoms with E-state index in [-0.39, 0.29) is 18.9 Å². The highest BCUT2D eigenvalue weighted by atomic mass is 16.4. The van der Waals surface area contributed by atoms with Crippen LogP contribution in [0.25, 0.3) is 0 Å². The van der Waals surface area contributed by atoms with Crippen molar-refractivity contribution in [1.82, 2.24) is 4.90 Å². The zero-order valence-electron chi connectivity index (χ0n) is 12.7. The first kappa shape index (κ1) is 15.0. The van der Waals surface area contributed by atoms with Crippen LogP contribution in [0.5, 0.6) is 0 Å². The monoisotopic (exact) mass is 302 g/mol. The molecule has 0 aliphatic carbocycles. The predicted octanol–water partition coefficient (Wildman–Crippen LogP) is 2.11. The molecule has 1 unspecified atom stereocenters. The molecular formula is C17H22N2O3. The summed E-state index contributed by atoms with van der Waals surface area (Å²) in [4.78, 5) is 27.2. The van der Waals surface area contributed by atoms with Gasteiger partial charge >= 0.3 is 5.97 Å². The number of carboxylic acids is 1. The van der Waals surface area contributed by atoms with Crippen LogP contribution >= 0.6 is 0 Å². The number of hydrogen-bond acceptors (Lipinski definition) is 3. The van der Waals surface area contributed by atoms with Crippen molar-refractivity contribution in [3.05, 3.63) is 29.8 Å². The maximum atomic E-state index is 12.0. The summed E-state index contributed by atoms with van der Waals surface area (Å²) in [5, 5.41) is 9.08. The first-order chi connectivity index (χ1) is 10.6. The molecule has 2 heterocycles. The first-order valence-electron chi connectivity index (χ1n) is 7.98. The van der Waals surface area contributed by atoms with Crippen LogP contribution < -0.4 is 4.90 Å². The molecule has 22 heavy (non-hydrogen) atoms. The molecule has 5 nitrogen and oxygen atoms in total. The minimum atomic E-state index is -0.889. The summed E-state index contributed by atoms with van der Waals surface area (Å²) in [6.45, 7) is 3.45. The number of piperidine rings is 1. The van der Waals surface area contributed by atoms with Gasteiger partial charge in [0.1, 0.15) is 0 Å². The van der Waals surface area contributed by atoms with Gasteiger partial charge in [-0.1, -0.05) is 18.6 Å². The summed E-state index contributed by atoms with van der Waals surface area (Å²) in [6.07, 6.45) is 3.93. The van der Waals surface area contributed by atoms with Gasteiger partial charge in [-0.2, -0.15) is 0 Å². The number of carboxylic acid groups (broad SMARTS) is 1. The standard InChI is InChI=1S/C17H22N2O3/c20-16-10-14(17(21)22)12-19(16)15-6-4-5-13(9-15)11-18-7-2-1-3-8-18/h4-6,9,14H,1-3,7-8,10-12H2,(H,21,22). The quantitative estimate of drug-likeness (QED) is 0.925. The molecule has 0 bridgehead atoms. The number of hydrogen-bond donors (Lipinski definition) is 1. The number of carbonyl (C=O) groups excluding carboxylic acids is 1. The minimum Gasteiger partial charge on any atom is -0.481 e. The number of nitrogens with zero attached hydrogens (tertiary/aromatic N) is 2. The molecule has 1 N–H and O–H groups in total. The number of aliphatic carboxylic acids is 1. The Labute approximate surface area is 130 Å². The topological polar surface area (TPSA) is 60.9 Å². The molecule has 3 rings (SSSR count). The van der Waals surface area contributed by atoms with E-state index in [0.717, 1.165) is 25.3 Å². The third-order valence-corrected chi connectivity index (χ3v) is 4.55. The van der Waals surface area contributed by atoms with Gasteiger partial charge in [0.15, 0.2) is 0 Å². The Morgan fingerprint density at radius 3 is 2.68 bits per heavy atom. The molecule has 2 fully saturated rings. The number of amides is 1. The van der Waals surface area contributed by atoms with Gasteiger partial charge in [0.05, 0.1) is 5.92 Å². The second-order valence-electron chi connectivity index (χ2n) is 6.25. The van der Waals surface area contributed by atoms with E-state index in [4.69, 9.17) is 5.11 Å². The van der Waals surface area contributed by atoms with Crippen LogP contribution in [-0.2, 0) is 16.1 Å². The molecule has 2 aliphatic heterocycles. The molecule has 0 radical (unpaired) electrons. The fourth-order valence-corrected chi connectivity index (χ4v) is 3.32. The van der Waals surface area contributed by atoms with Crippen LogP contribution in [0.2, 0.25) is 0 Å². The van der Waals surface area contributed by atoms with Crippen molar-refractivity contribution in [2.45, 2.75) is 32.2 Å². The van der Waals surface area contributed by atoms with E-state index in [1.165, 1.54) is 24.8 Å². The van der Waals surface area contributed by atoms with E-state index in [1.54, 1.807) is 4.90 Å². The van der Waals surface area contributed by atoms with Crippen LogP contribution in [0, 0.1) is 5.92 Å². The van der Waals surface area contributed by atoms with E-state index in [1.807, 2.05) is 18.2 Å². The molecule has 5 heteroatoms. The fraction of sp³-hybridized carbons (Fsp3) is 0.529. The second kappa shape index (κ2) is 6.48. The minimum absolute atomic E-state index is 0.0949. The number of benzene rings is 1.